The number of benzene rings is 1. The fourth-order valence-electron chi connectivity index (χ4n) is 1.25. The van der Waals surface area contributed by atoms with E-state index in [1.165, 1.54) is 0 Å². The molecule has 0 unspecified atom stereocenters. The van der Waals surface area contributed by atoms with Crippen LogP contribution in [0.5, 0.6) is 5.75 Å². The summed E-state index contributed by atoms with van der Waals surface area (Å²) in [6.07, 6.45) is 0. The second-order valence-electron chi connectivity index (χ2n) is 2.62. The lowest BCUT2D eigenvalue weighted by atomic mass is 10.1. The van der Waals surface area contributed by atoms with Crippen LogP contribution in [0.4, 0.5) is 0 Å². The molecule has 66 valence electrons. The average Bonchev–Trinajstić information content (AvgIpc) is 2.18. The SMILES string of the molecule is N#Cc1c(Cl)ccc2c1COCO2. The summed E-state index contributed by atoms with van der Waals surface area (Å²) < 4.78 is 10.3. The zero-order chi connectivity index (χ0) is 9.26. The standard InChI is InChI=1S/C9H6ClNO2/c10-8-1-2-9-7(6(8)3-11)4-12-5-13-9/h1-2H,4-5H2. The number of hydrogen-bond acceptors (Lipinski definition) is 3. The Hall–Kier alpha value is -1.24. The van der Waals surface area contributed by atoms with Crippen molar-refractivity contribution in [2.45, 2.75) is 6.61 Å². The summed E-state index contributed by atoms with van der Waals surface area (Å²) in [4.78, 5) is 0. The van der Waals surface area contributed by atoms with E-state index in [9.17, 15) is 0 Å². The Kier molecular flexibility index (Phi) is 2.09. The first-order valence-corrected chi connectivity index (χ1v) is 4.12. The molecule has 1 aliphatic rings. The van der Waals surface area contributed by atoms with Gasteiger partial charge in [0, 0.05) is 5.56 Å². The molecule has 4 heteroatoms. The first kappa shape index (κ1) is 8.36. The summed E-state index contributed by atoms with van der Waals surface area (Å²) in [5.74, 6) is 0.687. The Morgan fingerprint density at radius 3 is 3.08 bits per heavy atom. The van der Waals surface area contributed by atoms with Gasteiger partial charge in [-0.2, -0.15) is 5.26 Å². The number of halogens is 1. The van der Waals surface area contributed by atoms with Crippen molar-refractivity contribution in [3.63, 3.8) is 0 Å². The molecule has 0 saturated carbocycles. The van der Waals surface area contributed by atoms with Crippen LogP contribution in [0.25, 0.3) is 0 Å². The summed E-state index contributed by atoms with van der Waals surface area (Å²) in [5, 5.41) is 9.27. The van der Waals surface area contributed by atoms with Crippen LogP contribution in [0.15, 0.2) is 12.1 Å². The maximum absolute atomic E-state index is 8.83. The number of ether oxygens (including phenoxy) is 2. The molecule has 2 rings (SSSR count). The monoisotopic (exact) mass is 195 g/mol. The lowest BCUT2D eigenvalue weighted by Gasteiger charge is -2.18. The predicted molar refractivity (Wildman–Crippen MR) is 46.5 cm³/mol. The molecule has 1 heterocycles. The molecule has 0 saturated heterocycles. The van der Waals surface area contributed by atoms with Gasteiger partial charge >= 0.3 is 0 Å². The molecule has 3 nitrogen and oxygen atoms in total. The highest BCUT2D eigenvalue weighted by Crippen LogP contribution is 2.30. The molecule has 1 aromatic rings. The van der Waals surface area contributed by atoms with E-state index < -0.39 is 0 Å². The topological polar surface area (TPSA) is 42.2 Å². The summed E-state index contributed by atoms with van der Waals surface area (Å²) in [6, 6.07) is 5.44. The van der Waals surface area contributed by atoms with Gasteiger partial charge in [-0.3, -0.25) is 0 Å². The summed E-state index contributed by atoms with van der Waals surface area (Å²) in [6.45, 7) is 0.623. The van der Waals surface area contributed by atoms with Crippen LogP contribution in [-0.2, 0) is 11.3 Å². The molecule has 0 bridgehead atoms. The zero-order valence-electron chi connectivity index (χ0n) is 6.71. The molecular formula is C9H6ClNO2. The van der Waals surface area contributed by atoms with Gasteiger partial charge < -0.3 is 9.47 Å². The van der Waals surface area contributed by atoms with Crippen molar-refractivity contribution in [3.05, 3.63) is 28.3 Å². The van der Waals surface area contributed by atoms with Gasteiger partial charge in [0.15, 0.2) is 6.79 Å². The summed E-state index contributed by atoms with van der Waals surface area (Å²) in [7, 11) is 0. The number of rotatable bonds is 0. The van der Waals surface area contributed by atoms with Crippen molar-refractivity contribution in [1.29, 1.82) is 5.26 Å². The van der Waals surface area contributed by atoms with E-state index in [1.807, 2.05) is 6.07 Å². The first-order valence-electron chi connectivity index (χ1n) is 3.75. The number of fused-ring (bicyclic) bond motifs is 1. The van der Waals surface area contributed by atoms with E-state index >= 15 is 0 Å². The maximum atomic E-state index is 8.83. The van der Waals surface area contributed by atoms with Crippen molar-refractivity contribution in [3.8, 4) is 11.8 Å². The van der Waals surface area contributed by atoms with Gasteiger partial charge in [-0.1, -0.05) is 11.6 Å². The first-order chi connectivity index (χ1) is 6.33. The van der Waals surface area contributed by atoms with E-state index in [-0.39, 0.29) is 6.79 Å². The highest BCUT2D eigenvalue weighted by Gasteiger charge is 2.16. The Morgan fingerprint density at radius 2 is 2.31 bits per heavy atom. The van der Waals surface area contributed by atoms with E-state index in [0.717, 1.165) is 5.56 Å². The van der Waals surface area contributed by atoms with Crippen molar-refractivity contribution >= 4 is 11.6 Å². The van der Waals surface area contributed by atoms with Gasteiger partial charge in [-0.05, 0) is 12.1 Å². The smallest absolute Gasteiger partial charge is 0.189 e. The second kappa shape index (κ2) is 3.25. The van der Waals surface area contributed by atoms with Gasteiger partial charge in [-0.15, -0.1) is 0 Å². The number of hydrogen-bond donors (Lipinski definition) is 0. The lowest BCUT2D eigenvalue weighted by Crippen LogP contribution is -2.12. The minimum absolute atomic E-state index is 0.236. The summed E-state index contributed by atoms with van der Waals surface area (Å²) >= 11 is 5.83. The van der Waals surface area contributed by atoms with Crippen LogP contribution in [0.2, 0.25) is 5.02 Å². The second-order valence-corrected chi connectivity index (χ2v) is 3.03. The Balaban J connectivity index is 2.60. The minimum Gasteiger partial charge on any atom is -0.467 e. The molecule has 0 aliphatic carbocycles. The minimum atomic E-state index is 0.236. The quantitative estimate of drug-likeness (QED) is 0.637. The van der Waals surface area contributed by atoms with Gasteiger partial charge in [0.05, 0.1) is 17.2 Å². The van der Waals surface area contributed by atoms with Crippen LogP contribution in [0.3, 0.4) is 0 Å². The molecule has 0 spiro atoms. The van der Waals surface area contributed by atoms with E-state index in [4.69, 9.17) is 26.3 Å². The van der Waals surface area contributed by atoms with Crippen molar-refractivity contribution in [2.24, 2.45) is 0 Å². The van der Waals surface area contributed by atoms with E-state index in [0.29, 0.717) is 22.9 Å². The molecule has 0 radical (unpaired) electrons. The zero-order valence-corrected chi connectivity index (χ0v) is 7.47. The number of nitrogens with zero attached hydrogens (tertiary/aromatic N) is 1. The van der Waals surface area contributed by atoms with E-state index in [1.54, 1.807) is 12.1 Å². The van der Waals surface area contributed by atoms with Crippen molar-refractivity contribution in [2.75, 3.05) is 6.79 Å². The van der Waals surface area contributed by atoms with Crippen LogP contribution in [-0.4, -0.2) is 6.79 Å². The third kappa shape index (κ3) is 1.35. The molecule has 0 aromatic heterocycles. The molecule has 0 fully saturated rings. The molecule has 1 aromatic carbocycles. The van der Waals surface area contributed by atoms with Crippen LogP contribution in [0, 0.1) is 11.3 Å². The maximum Gasteiger partial charge on any atom is 0.189 e. The highest BCUT2D eigenvalue weighted by atomic mass is 35.5. The third-order valence-electron chi connectivity index (χ3n) is 1.88. The Bertz CT molecular complexity index is 384. The van der Waals surface area contributed by atoms with Crippen LogP contribution >= 0.6 is 11.6 Å². The fourth-order valence-corrected chi connectivity index (χ4v) is 1.47. The molecular weight excluding hydrogens is 190 g/mol. The van der Waals surface area contributed by atoms with Gasteiger partial charge in [0.25, 0.3) is 0 Å². The predicted octanol–water partition coefficient (Wildman–Crippen LogP) is 2.08. The fraction of sp³-hybridized carbons (Fsp3) is 0.222. The highest BCUT2D eigenvalue weighted by molar-refractivity contribution is 6.31. The third-order valence-corrected chi connectivity index (χ3v) is 2.19. The van der Waals surface area contributed by atoms with E-state index in [2.05, 4.69) is 0 Å². The lowest BCUT2D eigenvalue weighted by molar-refractivity contribution is -0.0165. The normalized spacial score (nSPS) is 14.2. The van der Waals surface area contributed by atoms with Crippen LogP contribution in [0.1, 0.15) is 11.1 Å². The molecule has 1 aliphatic heterocycles. The Labute approximate surface area is 80.4 Å². The van der Waals surface area contributed by atoms with Crippen molar-refractivity contribution < 1.29 is 9.47 Å². The van der Waals surface area contributed by atoms with Gasteiger partial charge in [0.1, 0.15) is 11.8 Å². The largest absolute Gasteiger partial charge is 0.467 e. The van der Waals surface area contributed by atoms with Gasteiger partial charge in [-0.25, -0.2) is 0 Å². The molecule has 0 N–H and O–H groups in total. The van der Waals surface area contributed by atoms with Crippen molar-refractivity contribution in [1.82, 2.24) is 0 Å². The average molecular weight is 196 g/mol. The molecule has 13 heavy (non-hydrogen) atoms. The van der Waals surface area contributed by atoms with Gasteiger partial charge in [0.2, 0.25) is 0 Å². The number of nitriles is 1. The molecule has 0 atom stereocenters. The summed E-state index contributed by atoms with van der Waals surface area (Å²) in [5.41, 5.74) is 1.18. The Morgan fingerprint density at radius 1 is 1.46 bits per heavy atom. The molecule has 0 amide bonds. The van der Waals surface area contributed by atoms with Crippen LogP contribution < -0.4 is 4.74 Å².